The fourth-order valence-electron chi connectivity index (χ4n) is 2.30. The van der Waals surface area contributed by atoms with Crippen LogP contribution in [0.4, 0.5) is 4.39 Å². The molecule has 0 aliphatic carbocycles. The Balaban J connectivity index is 2.24. The molecule has 0 radical (unpaired) electrons. The van der Waals surface area contributed by atoms with Gasteiger partial charge >= 0.3 is 0 Å². The number of ether oxygens (including phenoxy) is 1. The van der Waals surface area contributed by atoms with Crippen LogP contribution in [-0.2, 0) is 5.54 Å². The first-order valence-electron chi connectivity index (χ1n) is 7.21. The van der Waals surface area contributed by atoms with Crippen LogP contribution in [0.25, 0.3) is 0 Å². The number of hydrogen-bond donors (Lipinski definition) is 1. The van der Waals surface area contributed by atoms with Gasteiger partial charge in [0.25, 0.3) is 5.91 Å². The molecule has 1 unspecified atom stereocenters. The van der Waals surface area contributed by atoms with E-state index in [2.05, 4.69) is 5.32 Å². The van der Waals surface area contributed by atoms with Gasteiger partial charge in [0, 0.05) is 5.56 Å². The van der Waals surface area contributed by atoms with Gasteiger partial charge < -0.3 is 10.1 Å². The van der Waals surface area contributed by atoms with Crippen molar-refractivity contribution in [3.63, 3.8) is 0 Å². The molecule has 0 saturated heterocycles. The summed E-state index contributed by atoms with van der Waals surface area (Å²) >= 11 is 0. The summed E-state index contributed by atoms with van der Waals surface area (Å²) in [6.07, 6.45) is 0.724. The van der Waals surface area contributed by atoms with Crippen LogP contribution in [0.1, 0.15) is 36.2 Å². The Kier molecular flexibility index (Phi) is 4.81. The van der Waals surface area contributed by atoms with Crippen LogP contribution in [0, 0.1) is 5.82 Å². The highest BCUT2D eigenvalue weighted by molar-refractivity contribution is 5.94. The fourth-order valence-corrected chi connectivity index (χ4v) is 2.30. The molecule has 2 aromatic rings. The second-order valence-electron chi connectivity index (χ2n) is 5.36. The molecule has 22 heavy (non-hydrogen) atoms. The molecule has 1 amide bonds. The first-order chi connectivity index (χ1) is 10.5. The number of hydrogen-bond acceptors (Lipinski definition) is 2. The molecule has 1 atom stereocenters. The minimum absolute atomic E-state index is 0.123. The van der Waals surface area contributed by atoms with Crippen LogP contribution < -0.4 is 10.1 Å². The van der Waals surface area contributed by atoms with Gasteiger partial charge in [-0.2, -0.15) is 0 Å². The molecule has 116 valence electrons. The molecule has 2 rings (SSSR count). The molecule has 0 fully saturated rings. The smallest absolute Gasteiger partial charge is 0.252 e. The number of carbonyl (C=O) groups is 1. The van der Waals surface area contributed by atoms with Gasteiger partial charge in [0.1, 0.15) is 0 Å². The second kappa shape index (κ2) is 6.60. The van der Waals surface area contributed by atoms with Gasteiger partial charge in [0.15, 0.2) is 11.6 Å². The quantitative estimate of drug-likeness (QED) is 0.910. The summed E-state index contributed by atoms with van der Waals surface area (Å²) in [7, 11) is 1.39. The molecule has 3 nitrogen and oxygen atoms in total. The third-order valence-corrected chi connectivity index (χ3v) is 3.92. The summed E-state index contributed by atoms with van der Waals surface area (Å²) in [5.74, 6) is -0.735. The molecule has 4 heteroatoms. The Morgan fingerprint density at radius 1 is 1.23 bits per heavy atom. The number of rotatable bonds is 5. The van der Waals surface area contributed by atoms with Gasteiger partial charge in [0.05, 0.1) is 12.6 Å². The Morgan fingerprint density at radius 2 is 1.91 bits per heavy atom. The Morgan fingerprint density at radius 3 is 2.45 bits per heavy atom. The molecular weight excluding hydrogens is 281 g/mol. The van der Waals surface area contributed by atoms with Gasteiger partial charge in [-0.25, -0.2) is 4.39 Å². The summed E-state index contributed by atoms with van der Waals surface area (Å²) in [6.45, 7) is 3.96. The van der Waals surface area contributed by atoms with E-state index in [-0.39, 0.29) is 17.2 Å². The monoisotopic (exact) mass is 301 g/mol. The minimum Gasteiger partial charge on any atom is -0.494 e. The molecule has 0 spiro atoms. The summed E-state index contributed by atoms with van der Waals surface area (Å²) in [5, 5.41) is 2.99. The highest BCUT2D eigenvalue weighted by atomic mass is 19.1. The number of nitrogens with one attached hydrogen (secondary N) is 1. The molecule has 0 aromatic heterocycles. The van der Waals surface area contributed by atoms with Crippen LogP contribution in [0.15, 0.2) is 48.5 Å². The zero-order valence-electron chi connectivity index (χ0n) is 13.0. The van der Waals surface area contributed by atoms with Crippen molar-refractivity contribution in [3.05, 3.63) is 65.5 Å². The summed E-state index contributed by atoms with van der Waals surface area (Å²) in [4.78, 5) is 12.4. The van der Waals surface area contributed by atoms with E-state index < -0.39 is 11.4 Å². The van der Waals surface area contributed by atoms with E-state index in [0.29, 0.717) is 0 Å². The Bertz CT molecular complexity index is 657. The molecule has 0 bridgehead atoms. The standard InChI is InChI=1S/C18H20FNO2/c1-4-18(2,14-8-6-5-7-9-14)20-17(21)13-10-11-16(22-3)15(19)12-13/h5-12H,4H2,1-3H3,(H,20,21). The molecular formula is C18H20FNO2. The van der Waals surface area contributed by atoms with E-state index in [4.69, 9.17) is 4.74 Å². The van der Waals surface area contributed by atoms with Crippen LogP contribution in [0.5, 0.6) is 5.75 Å². The van der Waals surface area contributed by atoms with Crippen molar-refractivity contribution in [3.8, 4) is 5.75 Å². The van der Waals surface area contributed by atoms with Crippen molar-refractivity contribution in [1.29, 1.82) is 0 Å². The van der Waals surface area contributed by atoms with Crippen molar-refractivity contribution in [1.82, 2.24) is 5.32 Å². The average Bonchev–Trinajstić information content (AvgIpc) is 2.55. The van der Waals surface area contributed by atoms with Gasteiger partial charge in [-0.1, -0.05) is 37.3 Å². The van der Waals surface area contributed by atoms with Crippen molar-refractivity contribution >= 4 is 5.91 Å². The lowest BCUT2D eigenvalue weighted by Gasteiger charge is -2.30. The van der Waals surface area contributed by atoms with Crippen molar-refractivity contribution in [2.24, 2.45) is 0 Å². The van der Waals surface area contributed by atoms with Crippen LogP contribution in [-0.4, -0.2) is 13.0 Å². The second-order valence-corrected chi connectivity index (χ2v) is 5.36. The minimum atomic E-state index is -0.548. The lowest BCUT2D eigenvalue weighted by molar-refractivity contribution is 0.0901. The number of carbonyl (C=O) groups excluding carboxylic acids is 1. The molecule has 0 saturated carbocycles. The maximum Gasteiger partial charge on any atom is 0.252 e. The summed E-state index contributed by atoms with van der Waals surface area (Å²) in [5.41, 5.74) is 0.781. The van der Waals surface area contributed by atoms with E-state index in [0.717, 1.165) is 12.0 Å². The Hall–Kier alpha value is -2.36. The number of benzene rings is 2. The first kappa shape index (κ1) is 16.0. The normalized spacial score (nSPS) is 13.3. The number of amides is 1. The largest absolute Gasteiger partial charge is 0.494 e. The third-order valence-electron chi connectivity index (χ3n) is 3.92. The van der Waals surface area contributed by atoms with E-state index in [9.17, 15) is 9.18 Å². The molecule has 0 aliphatic rings. The third kappa shape index (κ3) is 3.27. The van der Waals surface area contributed by atoms with Crippen LogP contribution >= 0.6 is 0 Å². The van der Waals surface area contributed by atoms with Crippen LogP contribution in [0.3, 0.4) is 0 Å². The molecule has 2 aromatic carbocycles. The van der Waals surface area contributed by atoms with Crippen molar-refractivity contribution < 1.29 is 13.9 Å². The summed E-state index contributed by atoms with van der Waals surface area (Å²) < 4.78 is 18.6. The van der Waals surface area contributed by atoms with E-state index in [1.807, 2.05) is 44.2 Å². The van der Waals surface area contributed by atoms with Crippen LogP contribution in [0.2, 0.25) is 0 Å². The topological polar surface area (TPSA) is 38.3 Å². The predicted molar refractivity (Wildman–Crippen MR) is 84.5 cm³/mol. The van der Waals surface area contributed by atoms with Gasteiger partial charge in [-0.15, -0.1) is 0 Å². The number of methoxy groups -OCH3 is 1. The average molecular weight is 301 g/mol. The maximum atomic E-state index is 13.7. The molecule has 1 N–H and O–H groups in total. The molecule has 0 aliphatic heterocycles. The van der Waals surface area contributed by atoms with Crippen molar-refractivity contribution in [2.45, 2.75) is 25.8 Å². The predicted octanol–water partition coefficient (Wildman–Crippen LogP) is 3.89. The van der Waals surface area contributed by atoms with E-state index in [1.54, 1.807) is 6.07 Å². The fraction of sp³-hybridized carbons (Fsp3) is 0.278. The highest BCUT2D eigenvalue weighted by Gasteiger charge is 2.27. The van der Waals surface area contributed by atoms with Gasteiger partial charge in [-0.05, 0) is 37.1 Å². The van der Waals surface area contributed by atoms with Gasteiger partial charge in [-0.3, -0.25) is 4.79 Å². The lowest BCUT2D eigenvalue weighted by atomic mass is 9.89. The van der Waals surface area contributed by atoms with E-state index in [1.165, 1.54) is 19.2 Å². The number of halogens is 1. The lowest BCUT2D eigenvalue weighted by Crippen LogP contribution is -2.43. The zero-order chi connectivity index (χ0) is 16.2. The van der Waals surface area contributed by atoms with E-state index >= 15 is 0 Å². The Labute approximate surface area is 130 Å². The van der Waals surface area contributed by atoms with Crippen molar-refractivity contribution in [2.75, 3.05) is 7.11 Å². The summed E-state index contributed by atoms with van der Waals surface area (Å²) in [6, 6.07) is 13.9. The SMILES string of the molecule is CCC(C)(NC(=O)c1ccc(OC)c(F)c1)c1ccccc1. The molecule has 0 heterocycles. The first-order valence-corrected chi connectivity index (χ1v) is 7.21. The zero-order valence-corrected chi connectivity index (χ0v) is 13.0. The maximum absolute atomic E-state index is 13.7. The van der Waals surface area contributed by atoms with Gasteiger partial charge in [0.2, 0.25) is 0 Å². The highest BCUT2D eigenvalue weighted by Crippen LogP contribution is 2.25.